The lowest BCUT2D eigenvalue weighted by atomic mass is 10.1. The highest BCUT2D eigenvalue weighted by molar-refractivity contribution is 9.10. The fourth-order valence-corrected chi connectivity index (χ4v) is 2.55. The van der Waals surface area contributed by atoms with Crippen molar-refractivity contribution in [3.8, 4) is 11.3 Å². The van der Waals surface area contributed by atoms with Gasteiger partial charge in [-0.05, 0) is 48.0 Å². The predicted octanol–water partition coefficient (Wildman–Crippen LogP) is 4.44. The molecule has 0 saturated carbocycles. The Morgan fingerprint density at radius 1 is 1.10 bits per heavy atom. The summed E-state index contributed by atoms with van der Waals surface area (Å²) < 4.78 is 0.877. The molecule has 0 N–H and O–H groups in total. The molecule has 0 aliphatic carbocycles. The number of halogens is 2. The van der Waals surface area contributed by atoms with Crippen LogP contribution in [0.1, 0.15) is 10.4 Å². The molecule has 0 amide bonds. The van der Waals surface area contributed by atoms with Crippen LogP contribution in [0.4, 0.5) is 0 Å². The summed E-state index contributed by atoms with van der Waals surface area (Å²) in [5.41, 5.74) is 2.77. The van der Waals surface area contributed by atoms with Crippen molar-refractivity contribution in [1.82, 2.24) is 9.97 Å². The molecule has 0 spiro atoms. The summed E-state index contributed by atoms with van der Waals surface area (Å²) in [5, 5.41) is 0.239. The average molecular weight is 348 g/mol. The minimum Gasteiger partial charge on any atom is -0.276 e. The minimum absolute atomic E-state index is 0.449. The van der Waals surface area contributed by atoms with Crippen molar-refractivity contribution in [3.63, 3.8) is 0 Å². The van der Waals surface area contributed by atoms with E-state index < -0.39 is 5.24 Å². The van der Waals surface area contributed by atoms with Gasteiger partial charge in [-0.2, -0.15) is 0 Å². The van der Waals surface area contributed by atoms with Gasteiger partial charge in [-0.15, -0.1) is 0 Å². The molecule has 5 heteroatoms. The third-order valence-corrected chi connectivity index (χ3v) is 3.66. The van der Waals surface area contributed by atoms with Crippen molar-refractivity contribution < 1.29 is 4.79 Å². The highest BCUT2D eigenvalue weighted by atomic mass is 79.9. The molecule has 3 aromatic rings. The van der Waals surface area contributed by atoms with E-state index in [4.69, 9.17) is 11.6 Å². The van der Waals surface area contributed by atoms with Crippen LogP contribution < -0.4 is 0 Å². The SMILES string of the molecule is O=C(Cl)c1cc(-c2ccncc2)nc2ccc(Br)cc12. The number of fused-ring (bicyclic) bond motifs is 1. The summed E-state index contributed by atoms with van der Waals surface area (Å²) >= 11 is 9.09. The van der Waals surface area contributed by atoms with Crippen LogP contribution >= 0.6 is 27.5 Å². The van der Waals surface area contributed by atoms with Crippen LogP contribution in [-0.4, -0.2) is 15.2 Å². The Kier molecular flexibility index (Phi) is 3.51. The Bertz CT molecular complexity index is 806. The van der Waals surface area contributed by atoms with Crippen molar-refractivity contribution in [2.45, 2.75) is 0 Å². The van der Waals surface area contributed by atoms with Gasteiger partial charge in [0.1, 0.15) is 0 Å². The average Bonchev–Trinajstić information content (AvgIpc) is 2.47. The molecule has 3 nitrogen and oxygen atoms in total. The first-order valence-corrected chi connectivity index (χ1v) is 7.03. The summed E-state index contributed by atoms with van der Waals surface area (Å²) in [5.74, 6) is 0. The molecule has 1 aromatic carbocycles. The standard InChI is InChI=1S/C15H8BrClN2O/c16-10-1-2-13-11(7-10)12(15(17)20)8-14(19-13)9-3-5-18-6-4-9/h1-8H. The Hall–Kier alpha value is -1.78. The van der Waals surface area contributed by atoms with E-state index in [1.165, 1.54) is 0 Å². The van der Waals surface area contributed by atoms with Crippen molar-refractivity contribution in [2.75, 3.05) is 0 Å². The van der Waals surface area contributed by atoms with Crippen LogP contribution in [0, 0.1) is 0 Å². The third kappa shape index (κ3) is 2.44. The molecule has 0 bridgehead atoms. The van der Waals surface area contributed by atoms with Crippen LogP contribution in [0.5, 0.6) is 0 Å². The molecule has 0 saturated heterocycles. The summed E-state index contributed by atoms with van der Waals surface area (Å²) in [6.45, 7) is 0. The van der Waals surface area contributed by atoms with Gasteiger partial charge in [0.15, 0.2) is 0 Å². The molecule has 0 unspecified atom stereocenters. The number of pyridine rings is 2. The van der Waals surface area contributed by atoms with E-state index in [1.54, 1.807) is 18.5 Å². The smallest absolute Gasteiger partial charge is 0.253 e. The van der Waals surface area contributed by atoms with Crippen LogP contribution in [0.2, 0.25) is 0 Å². The Labute approximate surface area is 128 Å². The van der Waals surface area contributed by atoms with Crippen molar-refractivity contribution in [2.24, 2.45) is 0 Å². The number of carbonyl (C=O) groups is 1. The molecule has 0 aliphatic rings. The number of carbonyl (C=O) groups excluding carboxylic acids is 1. The zero-order valence-corrected chi connectivity index (χ0v) is 12.5. The molecule has 98 valence electrons. The van der Waals surface area contributed by atoms with Gasteiger partial charge in [-0.1, -0.05) is 15.9 Å². The van der Waals surface area contributed by atoms with Gasteiger partial charge in [-0.25, -0.2) is 4.98 Å². The molecular formula is C15H8BrClN2O. The van der Waals surface area contributed by atoms with E-state index in [-0.39, 0.29) is 0 Å². The molecule has 0 radical (unpaired) electrons. The normalized spacial score (nSPS) is 10.7. The van der Waals surface area contributed by atoms with Gasteiger partial charge in [0.2, 0.25) is 0 Å². The van der Waals surface area contributed by atoms with Crippen LogP contribution in [0.15, 0.2) is 53.3 Å². The first kappa shape index (κ1) is 13.2. The molecule has 3 rings (SSSR count). The van der Waals surface area contributed by atoms with Crippen molar-refractivity contribution >= 4 is 43.7 Å². The van der Waals surface area contributed by atoms with Crippen LogP contribution in [-0.2, 0) is 0 Å². The van der Waals surface area contributed by atoms with Crippen molar-refractivity contribution in [3.05, 3.63) is 58.8 Å². The first-order valence-electron chi connectivity index (χ1n) is 5.86. The van der Waals surface area contributed by atoms with Gasteiger partial charge in [0, 0.05) is 33.4 Å². The number of nitrogens with zero attached hydrogens (tertiary/aromatic N) is 2. The second-order valence-corrected chi connectivity index (χ2v) is 5.49. The Morgan fingerprint density at radius 3 is 2.55 bits per heavy atom. The van der Waals surface area contributed by atoms with E-state index in [0.29, 0.717) is 11.3 Å². The topological polar surface area (TPSA) is 42.9 Å². The highest BCUT2D eigenvalue weighted by Crippen LogP contribution is 2.27. The van der Waals surface area contributed by atoms with Crippen molar-refractivity contribution in [1.29, 1.82) is 0 Å². The quantitative estimate of drug-likeness (QED) is 0.644. The highest BCUT2D eigenvalue weighted by Gasteiger charge is 2.12. The first-order chi connectivity index (χ1) is 9.65. The fraction of sp³-hybridized carbons (Fsp3) is 0. The summed E-state index contributed by atoms with van der Waals surface area (Å²) in [6.07, 6.45) is 3.37. The van der Waals surface area contributed by atoms with Gasteiger partial charge in [0.25, 0.3) is 5.24 Å². The maximum Gasteiger partial charge on any atom is 0.253 e. The molecule has 20 heavy (non-hydrogen) atoms. The van der Waals surface area contributed by atoms with Gasteiger partial charge in [0.05, 0.1) is 11.2 Å². The maximum absolute atomic E-state index is 11.7. The van der Waals surface area contributed by atoms with Gasteiger partial charge >= 0.3 is 0 Å². The molecule has 0 fully saturated rings. The van der Waals surface area contributed by atoms with E-state index in [9.17, 15) is 4.79 Å². The molecule has 0 aliphatic heterocycles. The lowest BCUT2D eigenvalue weighted by Crippen LogP contribution is -1.96. The van der Waals surface area contributed by atoms with Gasteiger partial charge in [-0.3, -0.25) is 9.78 Å². The van der Waals surface area contributed by atoms with E-state index in [2.05, 4.69) is 25.9 Å². The molecular weight excluding hydrogens is 340 g/mol. The van der Waals surface area contributed by atoms with Gasteiger partial charge < -0.3 is 0 Å². The lowest BCUT2D eigenvalue weighted by molar-refractivity contribution is 0.108. The van der Waals surface area contributed by atoms with Crippen LogP contribution in [0.25, 0.3) is 22.2 Å². The zero-order chi connectivity index (χ0) is 14.1. The molecule has 0 atom stereocenters. The minimum atomic E-state index is -0.495. The zero-order valence-electron chi connectivity index (χ0n) is 10.2. The number of hydrogen-bond donors (Lipinski definition) is 0. The second-order valence-electron chi connectivity index (χ2n) is 4.23. The summed E-state index contributed by atoms with van der Waals surface area (Å²) in [7, 11) is 0. The number of hydrogen-bond acceptors (Lipinski definition) is 3. The second kappa shape index (κ2) is 5.31. The number of aromatic nitrogens is 2. The summed E-state index contributed by atoms with van der Waals surface area (Å²) in [6, 6.07) is 11.0. The fourth-order valence-electron chi connectivity index (χ4n) is 2.03. The number of rotatable bonds is 2. The third-order valence-electron chi connectivity index (χ3n) is 2.96. The van der Waals surface area contributed by atoms with Crippen LogP contribution in [0.3, 0.4) is 0 Å². The molecule has 2 aromatic heterocycles. The molecule has 2 heterocycles. The Morgan fingerprint density at radius 2 is 1.85 bits per heavy atom. The number of benzene rings is 1. The predicted molar refractivity (Wildman–Crippen MR) is 82.9 cm³/mol. The Balaban J connectivity index is 2.32. The summed E-state index contributed by atoms with van der Waals surface area (Å²) in [4.78, 5) is 20.2. The van der Waals surface area contributed by atoms with E-state index >= 15 is 0 Å². The van der Waals surface area contributed by atoms with E-state index in [0.717, 1.165) is 20.9 Å². The maximum atomic E-state index is 11.7. The lowest BCUT2D eigenvalue weighted by Gasteiger charge is -2.07. The monoisotopic (exact) mass is 346 g/mol. The van der Waals surface area contributed by atoms with E-state index in [1.807, 2.05) is 30.3 Å². The largest absolute Gasteiger partial charge is 0.276 e.